The van der Waals surface area contributed by atoms with Crippen molar-refractivity contribution in [1.82, 2.24) is 0 Å². The number of alkyl halides is 3. The van der Waals surface area contributed by atoms with Crippen molar-refractivity contribution < 1.29 is 22.7 Å². The average molecular weight is 314 g/mol. The van der Waals surface area contributed by atoms with Crippen LogP contribution in [0.15, 0.2) is 30.4 Å². The molecule has 4 nitrogen and oxygen atoms in total. The molecule has 0 radical (unpaired) electrons. The van der Waals surface area contributed by atoms with Crippen LogP contribution in [0.2, 0.25) is 0 Å². The summed E-state index contributed by atoms with van der Waals surface area (Å²) >= 11 is 0. The zero-order valence-electron chi connectivity index (χ0n) is 12.2. The Bertz CT molecular complexity index is 579. The summed E-state index contributed by atoms with van der Waals surface area (Å²) in [6.07, 6.45) is -4.47. The molecule has 0 bridgehead atoms. The van der Waals surface area contributed by atoms with Gasteiger partial charge in [0.05, 0.1) is 30.2 Å². The first kappa shape index (κ1) is 16.4. The van der Waals surface area contributed by atoms with Gasteiger partial charge in [-0.25, -0.2) is 0 Å². The Balaban J connectivity index is 2.38. The molecule has 0 unspecified atom stereocenters. The zero-order valence-corrected chi connectivity index (χ0v) is 12.2. The number of nitrogens with zero attached hydrogens (tertiary/aromatic N) is 1. The molecule has 1 aromatic carbocycles. The number of carbonyl (C=O) groups excluding carboxylic acids is 1. The van der Waals surface area contributed by atoms with E-state index in [2.05, 4.69) is 11.9 Å². The molecule has 22 heavy (non-hydrogen) atoms. The number of hydrogen-bond acceptors (Lipinski definition) is 3. The van der Waals surface area contributed by atoms with Gasteiger partial charge in [-0.2, -0.15) is 13.2 Å². The monoisotopic (exact) mass is 314 g/mol. The van der Waals surface area contributed by atoms with E-state index in [9.17, 15) is 18.0 Å². The number of nitrogens with one attached hydrogen (secondary N) is 1. The Morgan fingerprint density at radius 2 is 1.95 bits per heavy atom. The molecule has 7 heteroatoms. The van der Waals surface area contributed by atoms with Crippen molar-refractivity contribution in [2.24, 2.45) is 0 Å². The van der Waals surface area contributed by atoms with Crippen molar-refractivity contribution in [3.63, 3.8) is 0 Å². The first-order valence-electron chi connectivity index (χ1n) is 6.80. The normalized spacial score (nSPS) is 15.5. The van der Waals surface area contributed by atoms with E-state index in [0.717, 1.165) is 12.1 Å². The summed E-state index contributed by atoms with van der Waals surface area (Å²) in [5, 5.41) is 2.50. The molecular weight excluding hydrogens is 297 g/mol. The molecule has 2 rings (SSSR count). The van der Waals surface area contributed by atoms with Gasteiger partial charge in [0.25, 0.3) is 5.91 Å². The van der Waals surface area contributed by atoms with Crippen molar-refractivity contribution in [2.45, 2.75) is 13.1 Å². The Labute approximate surface area is 126 Å². The van der Waals surface area contributed by atoms with Crippen LogP contribution < -0.4 is 10.2 Å². The maximum atomic E-state index is 12.9. The molecule has 120 valence electrons. The summed E-state index contributed by atoms with van der Waals surface area (Å²) in [7, 11) is 0. The van der Waals surface area contributed by atoms with E-state index in [0.29, 0.717) is 32.0 Å². The second kappa shape index (κ2) is 6.39. The highest BCUT2D eigenvalue weighted by Gasteiger charge is 2.31. The first-order valence-corrected chi connectivity index (χ1v) is 6.80. The molecule has 1 amide bonds. The van der Waals surface area contributed by atoms with Crippen molar-refractivity contribution in [3.8, 4) is 0 Å². The molecule has 0 spiro atoms. The van der Waals surface area contributed by atoms with Gasteiger partial charge in [0, 0.05) is 18.7 Å². The van der Waals surface area contributed by atoms with Crippen molar-refractivity contribution >= 4 is 17.3 Å². The summed E-state index contributed by atoms with van der Waals surface area (Å²) in [5.41, 5.74) is 0.0995. The molecule has 1 N–H and O–H groups in total. The smallest absolute Gasteiger partial charge is 0.378 e. The molecule has 1 saturated heterocycles. The summed E-state index contributed by atoms with van der Waals surface area (Å²) in [6.45, 7) is 7.10. The molecule has 1 fully saturated rings. The van der Waals surface area contributed by atoms with Gasteiger partial charge in [-0.1, -0.05) is 6.58 Å². The fourth-order valence-corrected chi connectivity index (χ4v) is 2.12. The van der Waals surface area contributed by atoms with E-state index in [-0.39, 0.29) is 11.3 Å². The van der Waals surface area contributed by atoms with Gasteiger partial charge >= 0.3 is 6.18 Å². The quantitative estimate of drug-likeness (QED) is 0.872. The maximum Gasteiger partial charge on any atom is 0.416 e. The van der Waals surface area contributed by atoms with Crippen LogP contribution >= 0.6 is 0 Å². The van der Waals surface area contributed by atoms with Gasteiger partial charge < -0.3 is 15.0 Å². The van der Waals surface area contributed by atoms with E-state index in [4.69, 9.17) is 4.74 Å². The number of hydrogen-bond donors (Lipinski definition) is 1. The van der Waals surface area contributed by atoms with E-state index in [1.165, 1.54) is 13.0 Å². The van der Waals surface area contributed by atoms with Crippen LogP contribution in [0.1, 0.15) is 12.5 Å². The van der Waals surface area contributed by atoms with Gasteiger partial charge in [-0.15, -0.1) is 0 Å². The second-order valence-corrected chi connectivity index (χ2v) is 5.06. The number of rotatable bonds is 3. The minimum absolute atomic E-state index is 0.129. The van der Waals surface area contributed by atoms with Gasteiger partial charge in [-0.3, -0.25) is 4.79 Å². The summed E-state index contributed by atoms with van der Waals surface area (Å²) in [5.74, 6) is -0.506. The molecule has 1 heterocycles. The highest BCUT2D eigenvalue weighted by Crippen LogP contribution is 2.35. The number of anilines is 2. The minimum atomic E-state index is -4.47. The summed E-state index contributed by atoms with van der Waals surface area (Å²) in [4.78, 5) is 13.7. The second-order valence-electron chi connectivity index (χ2n) is 5.06. The predicted molar refractivity (Wildman–Crippen MR) is 77.9 cm³/mol. The highest BCUT2D eigenvalue weighted by atomic mass is 19.4. The third-order valence-electron chi connectivity index (χ3n) is 3.31. The maximum absolute atomic E-state index is 12.9. The largest absolute Gasteiger partial charge is 0.416 e. The molecular formula is C15H17F3N2O2. The zero-order chi connectivity index (χ0) is 16.3. The number of ether oxygens (including phenoxy) is 1. The van der Waals surface area contributed by atoms with Crippen LogP contribution in [0.5, 0.6) is 0 Å². The standard InChI is InChI=1S/C15H17F3N2O2/c1-10(2)14(21)19-12-9-11(15(16,17)18)3-4-13(12)20-5-7-22-8-6-20/h3-4,9H,1,5-8H2,2H3,(H,19,21). The van der Waals surface area contributed by atoms with Crippen LogP contribution in [0.4, 0.5) is 24.5 Å². The molecule has 1 aliphatic heterocycles. The predicted octanol–water partition coefficient (Wildman–Crippen LogP) is 3.06. The van der Waals surface area contributed by atoms with Crippen molar-refractivity contribution in [3.05, 3.63) is 35.9 Å². The van der Waals surface area contributed by atoms with Gasteiger partial charge in [0.1, 0.15) is 0 Å². The summed E-state index contributed by atoms with van der Waals surface area (Å²) in [6, 6.07) is 3.34. The fourth-order valence-electron chi connectivity index (χ4n) is 2.12. The molecule has 0 aromatic heterocycles. The van der Waals surface area contributed by atoms with E-state index < -0.39 is 17.6 Å². The van der Waals surface area contributed by atoms with Gasteiger partial charge in [0.2, 0.25) is 0 Å². The van der Waals surface area contributed by atoms with Crippen LogP contribution in [-0.2, 0) is 15.7 Å². The molecule has 0 aliphatic carbocycles. The topological polar surface area (TPSA) is 41.6 Å². The molecule has 1 aromatic rings. The lowest BCUT2D eigenvalue weighted by atomic mass is 10.1. The van der Waals surface area contributed by atoms with Crippen LogP contribution in [-0.4, -0.2) is 32.2 Å². The first-order chi connectivity index (χ1) is 10.3. The molecule has 1 aliphatic rings. The average Bonchev–Trinajstić information content (AvgIpc) is 2.47. The number of morpholine rings is 1. The van der Waals surface area contributed by atoms with E-state index in [1.807, 2.05) is 4.90 Å². The van der Waals surface area contributed by atoms with Crippen molar-refractivity contribution in [1.29, 1.82) is 0 Å². The third-order valence-corrected chi connectivity index (χ3v) is 3.31. The highest BCUT2D eigenvalue weighted by molar-refractivity contribution is 6.04. The van der Waals surface area contributed by atoms with Crippen LogP contribution in [0.3, 0.4) is 0 Å². The third kappa shape index (κ3) is 3.79. The van der Waals surface area contributed by atoms with Crippen LogP contribution in [0.25, 0.3) is 0 Å². The fraction of sp³-hybridized carbons (Fsp3) is 0.400. The van der Waals surface area contributed by atoms with Crippen molar-refractivity contribution in [2.75, 3.05) is 36.5 Å². The SMILES string of the molecule is C=C(C)C(=O)Nc1cc(C(F)(F)F)ccc1N1CCOCC1. The minimum Gasteiger partial charge on any atom is -0.378 e. The Hall–Kier alpha value is -2.02. The lowest BCUT2D eigenvalue weighted by molar-refractivity contribution is -0.137. The number of benzene rings is 1. The van der Waals surface area contributed by atoms with Crippen LogP contribution in [0, 0.1) is 0 Å². The molecule has 0 saturated carbocycles. The number of amides is 1. The van der Waals surface area contributed by atoms with Gasteiger partial charge in [-0.05, 0) is 25.1 Å². The lowest BCUT2D eigenvalue weighted by Crippen LogP contribution is -2.36. The van der Waals surface area contributed by atoms with Gasteiger partial charge in [0.15, 0.2) is 0 Å². The summed E-state index contributed by atoms with van der Waals surface area (Å²) < 4.78 is 43.9. The number of halogens is 3. The number of carbonyl (C=O) groups is 1. The van der Waals surface area contributed by atoms with E-state index >= 15 is 0 Å². The lowest BCUT2D eigenvalue weighted by Gasteiger charge is -2.31. The molecule has 0 atom stereocenters. The van der Waals surface area contributed by atoms with E-state index in [1.54, 1.807) is 0 Å². The Morgan fingerprint density at radius 3 is 2.50 bits per heavy atom. The Morgan fingerprint density at radius 1 is 1.32 bits per heavy atom. The Kier molecular flexibility index (Phi) is 4.75.